The van der Waals surface area contributed by atoms with Crippen molar-refractivity contribution in [1.29, 1.82) is 0 Å². The molecule has 2 rings (SSSR count). The van der Waals surface area contributed by atoms with Crippen LogP contribution >= 0.6 is 0 Å². The second-order valence-corrected chi connectivity index (χ2v) is 7.92. The third kappa shape index (κ3) is 6.18. The van der Waals surface area contributed by atoms with Crippen LogP contribution in [0.25, 0.3) is 0 Å². The molecule has 0 fully saturated rings. The van der Waals surface area contributed by atoms with Gasteiger partial charge >= 0.3 is 5.69 Å². The third-order valence-electron chi connectivity index (χ3n) is 5.00. The van der Waals surface area contributed by atoms with Crippen molar-refractivity contribution in [2.45, 2.75) is 53.1 Å². The number of amides is 2. The molecule has 2 amide bonds. The number of H-pyrrole nitrogens is 1. The Hall–Kier alpha value is -3.76. The summed E-state index contributed by atoms with van der Waals surface area (Å²) >= 11 is 0. The summed E-state index contributed by atoms with van der Waals surface area (Å²) in [7, 11) is 1.41. The van der Waals surface area contributed by atoms with E-state index in [4.69, 9.17) is 15.2 Å². The Morgan fingerprint density at radius 2 is 1.91 bits per heavy atom. The minimum atomic E-state index is -0.742. The van der Waals surface area contributed by atoms with Crippen molar-refractivity contribution in [3.63, 3.8) is 0 Å². The lowest BCUT2D eigenvalue weighted by atomic mass is 10.1. The van der Waals surface area contributed by atoms with Crippen molar-refractivity contribution >= 4 is 23.3 Å². The highest BCUT2D eigenvalue weighted by molar-refractivity contribution is 6.07. The number of hydrogen-bond donors (Lipinski definition) is 3. The fourth-order valence-corrected chi connectivity index (χ4v) is 3.36. The number of rotatable bonds is 11. The van der Waals surface area contributed by atoms with Crippen LogP contribution in [0.3, 0.4) is 0 Å². The fraction of sp³-hybridized carbons (Fsp3) is 0.478. The molecule has 11 heteroatoms. The average Bonchev–Trinajstić information content (AvgIpc) is 2.79. The molecule has 11 nitrogen and oxygen atoms in total. The van der Waals surface area contributed by atoms with Crippen LogP contribution in [0.2, 0.25) is 0 Å². The molecule has 0 radical (unpaired) electrons. The van der Waals surface area contributed by atoms with Gasteiger partial charge in [-0.05, 0) is 45.4 Å². The fourth-order valence-electron chi connectivity index (χ4n) is 3.36. The van der Waals surface area contributed by atoms with Gasteiger partial charge in [0.25, 0.3) is 17.4 Å². The lowest BCUT2D eigenvalue weighted by Gasteiger charge is -2.23. The molecule has 0 saturated carbocycles. The molecule has 0 aliphatic rings. The Kier molecular flexibility index (Phi) is 9.28. The Balaban J connectivity index is 2.38. The molecule has 1 aromatic heterocycles. The number of benzene rings is 1. The topological polar surface area (TPSA) is 149 Å². The molecule has 0 unspecified atom stereocenters. The molecule has 0 aliphatic heterocycles. The van der Waals surface area contributed by atoms with Crippen LogP contribution in [-0.2, 0) is 11.3 Å². The van der Waals surface area contributed by atoms with Crippen LogP contribution in [0.5, 0.6) is 11.5 Å². The van der Waals surface area contributed by atoms with E-state index in [1.54, 1.807) is 6.92 Å². The minimum absolute atomic E-state index is 0.0232. The summed E-state index contributed by atoms with van der Waals surface area (Å²) < 4.78 is 12.1. The Morgan fingerprint density at radius 3 is 2.50 bits per heavy atom. The van der Waals surface area contributed by atoms with Crippen molar-refractivity contribution in [2.24, 2.45) is 0 Å². The first kappa shape index (κ1) is 26.5. The van der Waals surface area contributed by atoms with Gasteiger partial charge in [0, 0.05) is 24.7 Å². The number of methoxy groups -OCH3 is 1. The molecule has 0 saturated heterocycles. The summed E-state index contributed by atoms with van der Waals surface area (Å²) in [5.41, 5.74) is 4.93. The van der Waals surface area contributed by atoms with Gasteiger partial charge in [0.15, 0.2) is 23.8 Å². The van der Waals surface area contributed by atoms with Gasteiger partial charge in [0.05, 0.1) is 7.11 Å². The minimum Gasteiger partial charge on any atom is -0.493 e. The first-order valence-corrected chi connectivity index (χ1v) is 11.2. The zero-order valence-electron chi connectivity index (χ0n) is 20.3. The van der Waals surface area contributed by atoms with Crippen LogP contribution < -0.4 is 36.7 Å². The maximum absolute atomic E-state index is 13.3. The number of aromatic nitrogens is 2. The Morgan fingerprint density at radius 1 is 1.21 bits per heavy atom. The van der Waals surface area contributed by atoms with Crippen molar-refractivity contribution in [3.8, 4) is 11.5 Å². The first-order chi connectivity index (χ1) is 16.1. The van der Waals surface area contributed by atoms with E-state index in [1.807, 2.05) is 20.8 Å². The van der Waals surface area contributed by atoms with Gasteiger partial charge < -0.3 is 25.4 Å². The summed E-state index contributed by atoms with van der Waals surface area (Å²) in [5, 5.41) is 2.72. The van der Waals surface area contributed by atoms with Gasteiger partial charge in [-0.2, -0.15) is 0 Å². The second-order valence-electron chi connectivity index (χ2n) is 7.92. The number of ether oxygens (including phenoxy) is 2. The molecule has 34 heavy (non-hydrogen) atoms. The van der Waals surface area contributed by atoms with Crippen LogP contribution in [0.4, 0.5) is 11.5 Å². The molecule has 0 atom stereocenters. The molecular formula is C23H33N5O6. The summed E-state index contributed by atoms with van der Waals surface area (Å²) in [6.07, 6.45) is 1.51. The Bertz CT molecular complexity index is 1140. The summed E-state index contributed by atoms with van der Waals surface area (Å²) in [5.74, 6) is -0.342. The zero-order valence-corrected chi connectivity index (χ0v) is 20.3. The largest absolute Gasteiger partial charge is 0.493 e. The zero-order chi connectivity index (χ0) is 25.4. The molecule has 2 aromatic rings. The van der Waals surface area contributed by atoms with Gasteiger partial charge in [-0.1, -0.05) is 13.3 Å². The number of nitrogens with two attached hydrogens (primary N) is 1. The monoisotopic (exact) mass is 475 g/mol. The van der Waals surface area contributed by atoms with E-state index >= 15 is 0 Å². The highest BCUT2D eigenvalue weighted by atomic mass is 16.5. The van der Waals surface area contributed by atoms with Crippen molar-refractivity contribution in [1.82, 2.24) is 14.9 Å². The molecule has 4 N–H and O–H groups in total. The van der Waals surface area contributed by atoms with E-state index in [2.05, 4.69) is 10.3 Å². The number of anilines is 2. The van der Waals surface area contributed by atoms with Gasteiger partial charge in [0.1, 0.15) is 5.82 Å². The van der Waals surface area contributed by atoms with Crippen molar-refractivity contribution in [3.05, 3.63) is 44.6 Å². The molecule has 1 aromatic carbocycles. The van der Waals surface area contributed by atoms with Crippen LogP contribution in [0.15, 0.2) is 27.8 Å². The number of nitrogens with one attached hydrogen (secondary N) is 2. The predicted octanol–water partition coefficient (Wildman–Crippen LogP) is 1.50. The highest BCUT2D eigenvalue weighted by Crippen LogP contribution is 2.29. The number of carbonyl (C=O) groups is 2. The SMILES string of the molecule is CCCCn1c(N)c(N(CC)C(=O)c2ccc(OCC(=O)NC(C)C)c(OC)c2)c(=O)[nH]c1=O. The predicted molar refractivity (Wildman–Crippen MR) is 130 cm³/mol. The van der Waals surface area contributed by atoms with E-state index in [0.29, 0.717) is 13.0 Å². The molecular weight excluding hydrogens is 442 g/mol. The van der Waals surface area contributed by atoms with Gasteiger partial charge in [0.2, 0.25) is 0 Å². The maximum atomic E-state index is 13.3. The number of unbranched alkanes of at least 4 members (excludes halogenated alkanes) is 1. The molecule has 0 aliphatic carbocycles. The summed E-state index contributed by atoms with van der Waals surface area (Å²) in [6.45, 7) is 7.58. The van der Waals surface area contributed by atoms with Crippen LogP contribution in [-0.4, -0.2) is 47.7 Å². The van der Waals surface area contributed by atoms with Gasteiger partial charge in [-0.15, -0.1) is 0 Å². The van der Waals surface area contributed by atoms with E-state index in [9.17, 15) is 19.2 Å². The Labute approximate surface area is 197 Å². The van der Waals surface area contributed by atoms with E-state index in [0.717, 1.165) is 6.42 Å². The molecule has 0 spiro atoms. The van der Waals surface area contributed by atoms with Gasteiger partial charge in [-0.3, -0.25) is 23.9 Å². The second kappa shape index (κ2) is 11.9. The smallest absolute Gasteiger partial charge is 0.330 e. The van der Waals surface area contributed by atoms with Crippen LogP contribution in [0.1, 0.15) is 50.9 Å². The number of nitrogen functional groups attached to an aromatic ring is 1. The third-order valence-corrected chi connectivity index (χ3v) is 5.00. The lowest BCUT2D eigenvalue weighted by molar-refractivity contribution is -0.123. The molecule has 186 valence electrons. The number of nitrogens with zero attached hydrogens (tertiary/aromatic N) is 2. The summed E-state index contributed by atoms with van der Waals surface area (Å²) in [4.78, 5) is 53.5. The van der Waals surface area contributed by atoms with Crippen molar-refractivity contribution in [2.75, 3.05) is 30.9 Å². The quantitative estimate of drug-likeness (QED) is 0.446. The van der Waals surface area contributed by atoms with E-state index < -0.39 is 17.2 Å². The van der Waals surface area contributed by atoms with Crippen LogP contribution in [0, 0.1) is 0 Å². The number of aromatic amines is 1. The first-order valence-electron chi connectivity index (χ1n) is 11.2. The summed E-state index contributed by atoms with van der Waals surface area (Å²) in [6, 6.07) is 4.45. The van der Waals surface area contributed by atoms with E-state index in [1.165, 1.54) is 34.8 Å². The molecule has 0 bridgehead atoms. The lowest BCUT2D eigenvalue weighted by Crippen LogP contribution is -2.41. The standard InChI is InChI=1S/C23H33N5O6/c1-6-8-11-28-20(24)19(21(30)26-23(28)32)27(7-2)22(31)15-9-10-16(17(12-15)33-5)34-13-18(29)25-14(3)4/h9-10,12,14H,6-8,11,13,24H2,1-5H3,(H,25,29)(H,26,30,32). The average molecular weight is 476 g/mol. The highest BCUT2D eigenvalue weighted by Gasteiger charge is 2.25. The van der Waals surface area contributed by atoms with Gasteiger partial charge in [-0.25, -0.2) is 4.79 Å². The van der Waals surface area contributed by atoms with E-state index in [-0.39, 0.29) is 53.7 Å². The molecule has 1 heterocycles. The van der Waals surface area contributed by atoms with Crippen molar-refractivity contribution < 1.29 is 19.1 Å². The number of hydrogen-bond acceptors (Lipinski definition) is 7. The number of carbonyl (C=O) groups excluding carboxylic acids is 2. The maximum Gasteiger partial charge on any atom is 0.330 e. The normalized spacial score (nSPS) is 10.8.